The molecule has 0 saturated carbocycles. The van der Waals surface area contributed by atoms with E-state index >= 15 is 0 Å². The molecule has 1 aromatic rings. The predicted octanol–water partition coefficient (Wildman–Crippen LogP) is 1.72. The number of nitrogens with zero attached hydrogens (tertiary/aromatic N) is 1. The van der Waals surface area contributed by atoms with Gasteiger partial charge in [0.2, 0.25) is 0 Å². The Morgan fingerprint density at radius 3 is 2.80 bits per heavy atom. The maximum absolute atomic E-state index is 12.6. The summed E-state index contributed by atoms with van der Waals surface area (Å²) < 4.78 is 13.4. The Morgan fingerprint density at radius 1 is 1.70 bits per heavy atom. The monoisotopic (exact) mass is 252 g/mol. The van der Waals surface area contributed by atoms with Crippen molar-refractivity contribution in [2.75, 3.05) is 5.73 Å². The maximum Gasteiger partial charge on any atom is 0.166 e. The summed E-state index contributed by atoms with van der Waals surface area (Å²) in [7, 11) is 0. The molecule has 1 aromatic heterocycles. The summed E-state index contributed by atoms with van der Waals surface area (Å²) >= 11 is 2.01. The molecule has 0 radical (unpaired) electrons. The van der Waals surface area contributed by atoms with Crippen molar-refractivity contribution in [2.45, 2.75) is 6.92 Å². The fourth-order valence-corrected chi connectivity index (χ4v) is 0.971. The number of anilines is 1. The normalized spacial score (nSPS) is 9.90. The fraction of sp³-hybridized carbons (Fsp3) is 0.167. The van der Waals surface area contributed by atoms with Crippen LogP contribution in [0.25, 0.3) is 0 Å². The summed E-state index contributed by atoms with van der Waals surface area (Å²) in [6.45, 7) is 1.79. The van der Waals surface area contributed by atoms with E-state index in [9.17, 15) is 4.39 Å². The lowest BCUT2D eigenvalue weighted by atomic mass is 10.3. The van der Waals surface area contributed by atoms with Crippen LogP contribution in [0, 0.1) is 16.3 Å². The Hall–Kier alpha value is -0.390. The number of nitrogens with two attached hydrogens (primary N) is 1. The molecule has 0 atom stereocenters. The second kappa shape index (κ2) is 2.69. The quantitative estimate of drug-likeness (QED) is 0.714. The third-order valence-electron chi connectivity index (χ3n) is 1.13. The van der Waals surface area contributed by atoms with Crippen LogP contribution in [0.15, 0.2) is 6.07 Å². The standard InChI is InChI=1S/C6H6FIN2/c1-3-5(8)2-4(7)6(9)10-3/h2H,1H3,(H2,9,10). The minimum atomic E-state index is -0.449. The van der Waals surface area contributed by atoms with Crippen molar-refractivity contribution in [3.05, 3.63) is 21.1 Å². The average molecular weight is 252 g/mol. The first-order valence-electron chi connectivity index (χ1n) is 2.69. The molecule has 1 rings (SSSR count). The van der Waals surface area contributed by atoms with Crippen LogP contribution in [0.5, 0.6) is 0 Å². The third kappa shape index (κ3) is 1.36. The number of hydrogen-bond acceptors (Lipinski definition) is 2. The summed E-state index contributed by atoms with van der Waals surface area (Å²) in [5, 5.41) is 0. The lowest BCUT2D eigenvalue weighted by molar-refractivity contribution is 0.625. The van der Waals surface area contributed by atoms with Crippen LogP contribution in [-0.2, 0) is 0 Å². The molecule has 4 heteroatoms. The molecule has 0 spiro atoms. The van der Waals surface area contributed by atoms with E-state index in [0.29, 0.717) is 0 Å². The Morgan fingerprint density at radius 2 is 2.30 bits per heavy atom. The van der Waals surface area contributed by atoms with E-state index in [-0.39, 0.29) is 5.82 Å². The van der Waals surface area contributed by atoms with Gasteiger partial charge in [0, 0.05) is 3.57 Å². The molecule has 0 amide bonds. The Bertz CT molecular complexity index is 212. The van der Waals surface area contributed by atoms with Crippen molar-refractivity contribution < 1.29 is 4.39 Å². The smallest absolute Gasteiger partial charge is 0.166 e. The number of rotatable bonds is 0. The van der Waals surface area contributed by atoms with Gasteiger partial charge < -0.3 is 5.73 Å². The number of aryl methyl sites for hydroxylation is 1. The van der Waals surface area contributed by atoms with E-state index in [1.54, 1.807) is 6.92 Å². The van der Waals surface area contributed by atoms with E-state index < -0.39 is 5.82 Å². The highest BCUT2D eigenvalue weighted by molar-refractivity contribution is 14.1. The zero-order valence-electron chi connectivity index (χ0n) is 5.36. The third-order valence-corrected chi connectivity index (χ3v) is 2.22. The minimum Gasteiger partial charge on any atom is -0.381 e. The molecule has 0 saturated heterocycles. The average Bonchev–Trinajstić information content (AvgIpc) is 1.84. The summed E-state index contributed by atoms with van der Waals surface area (Å²) in [6.07, 6.45) is 0. The van der Waals surface area contributed by atoms with Gasteiger partial charge in [-0.2, -0.15) is 0 Å². The molecule has 0 aromatic carbocycles. The molecular formula is C6H6FIN2. The molecule has 1 heterocycles. The van der Waals surface area contributed by atoms with Gasteiger partial charge >= 0.3 is 0 Å². The van der Waals surface area contributed by atoms with Crippen molar-refractivity contribution in [1.82, 2.24) is 4.98 Å². The zero-order chi connectivity index (χ0) is 7.72. The van der Waals surface area contributed by atoms with Crippen LogP contribution in [-0.4, -0.2) is 4.98 Å². The van der Waals surface area contributed by atoms with Gasteiger partial charge in [-0.05, 0) is 35.6 Å². The number of aromatic nitrogens is 1. The molecule has 54 valence electrons. The second-order valence-electron chi connectivity index (χ2n) is 1.92. The molecular weight excluding hydrogens is 246 g/mol. The summed E-state index contributed by atoms with van der Waals surface area (Å²) in [5.74, 6) is -0.479. The van der Waals surface area contributed by atoms with Crippen LogP contribution in [0.4, 0.5) is 10.2 Å². The molecule has 0 aliphatic heterocycles. The largest absolute Gasteiger partial charge is 0.381 e. The minimum absolute atomic E-state index is 0.0297. The van der Waals surface area contributed by atoms with Gasteiger partial charge in [-0.15, -0.1) is 0 Å². The van der Waals surface area contributed by atoms with Gasteiger partial charge in [-0.25, -0.2) is 9.37 Å². The lowest BCUT2D eigenvalue weighted by Gasteiger charge is -1.98. The first kappa shape index (κ1) is 7.71. The van der Waals surface area contributed by atoms with Gasteiger partial charge in [0.25, 0.3) is 0 Å². The molecule has 0 fully saturated rings. The topological polar surface area (TPSA) is 38.9 Å². The Kier molecular flexibility index (Phi) is 2.08. The molecule has 0 aliphatic carbocycles. The SMILES string of the molecule is Cc1nc(N)c(F)cc1I. The van der Waals surface area contributed by atoms with Gasteiger partial charge in [0.1, 0.15) is 0 Å². The van der Waals surface area contributed by atoms with E-state index in [0.717, 1.165) is 9.26 Å². The Balaban J connectivity index is 3.28. The van der Waals surface area contributed by atoms with E-state index in [1.165, 1.54) is 6.07 Å². The predicted molar refractivity (Wildman–Crippen MR) is 46.1 cm³/mol. The van der Waals surface area contributed by atoms with Gasteiger partial charge in [0.05, 0.1) is 5.69 Å². The van der Waals surface area contributed by atoms with Crippen molar-refractivity contribution in [3.63, 3.8) is 0 Å². The van der Waals surface area contributed by atoms with E-state index in [4.69, 9.17) is 5.73 Å². The van der Waals surface area contributed by atoms with Crippen LogP contribution >= 0.6 is 22.6 Å². The summed E-state index contributed by atoms with van der Waals surface area (Å²) in [6, 6.07) is 1.37. The zero-order valence-corrected chi connectivity index (χ0v) is 7.52. The number of halogens is 2. The second-order valence-corrected chi connectivity index (χ2v) is 3.08. The highest BCUT2D eigenvalue weighted by Gasteiger charge is 2.02. The van der Waals surface area contributed by atoms with Crippen LogP contribution in [0.1, 0.15) is 5.69 Å². The van der Waals surface area contributed by atoms with Crippen molar-refractivity contribution >= 4 is 28.4 Å². The number of nitrogen functional groups attached to an aromatic ring is 1. The molecule has 0 aliphatic rings. The lowest BCUT2D eigenvalue weighted by Crippen LogP contribution is -1.98. The first-order chi connectivity index (χ1) is 4.61. The number of pyridine rings is 1. The molecule has 2 N–H and O–H groups in total. The van der Waals surface area contributed by atoms with Crippen LogP contribution in [0.3, 0.4) is 0 Å². The molecule has 0 unspecified atom stereocenters. The highest BCUT2D eigenvalue weighted by atomic mass is 127. The highest BCUT2D eigenvalue weighted by Crippen LogP contribution is 2.14. The maximum atomic E-state index is 12.6. The Labute approximate surface area is 71.8 Å². The number of hydrogen-bond donors (Lipinski definition) is 1. The molecule has 0 bridgehead atoms. The molecule has 10 heavy (non-hydrogen) atoms. The van der Waals surface area contributed by atoms with Crippen molar-refractivity contribution in [2.24, 2.45) is 0 Å². The van der Waals surface area contributed by atoms with Crippen molar-refractivity contribution in [3.8, 4) is 0 Å². The van der Waals surface area contributed by atoms with Gasteiger partial charge in [0.15, 0.2) is 11.6 Å². The first-order valence-corrected chi connectivity index (χ1v) is 3.77. The van der Waals surface area contributed by atoms with Crippen LogP contribution in [0.2, 0.25) is 0 Å². The van der Waals surface area contributed by atoms with E-state index in [2.05, 4.69) is 4.98 Å². The van der Waals surface area contributed by atoms with Gasteiger partial charge in [-0.1, -0.05) is 0 Å². The van der Waals surface area contributed by atoms with Gasteiger partial charge in [-0.3, -0.25) is 0 Å². The van der Waals surface area contributed by atoms with Crippen LogP contribution < -0.4 is 5.73 Å². The fourth-order valence-electron chi connectivity index (χ4n) is 0.577. The summed E-state index contributed by atoms with van der Waals surface area (Å²) in [5.41, 5.74) is 5.96. The van der Waals surface area contributed by atoms with E-state index in [1.807, 2.05) is 22.6 Å². The molecule has 2 nitrogen and oxygen atoms in total. The summed E-state index contributed by atoms with van der Waals surface area (Å²) in [4.78, 5) is 3.77. The van der Waals surface area contributed by atoms with Crippen molar-refractivity contribution in [1.29, 1.82) is 0 Å².